The van der Waals surface area contributed by atoms with Crippen LogP contribution in [0.25, 0.3) is 0 Å². The molecule has 7 heteroatoms. The Morgan fingerprint density at radius 3 is 2.79 bits per heavy atom. The normalized spacial score (nSPS) is 23.9. The molecule has 0 heterocycles. The number of carbonyl (C=O) groups is 2. The number of aliphatic carboxylic acids is 1. The fraction of sp³-hybridized carbons (Fsp3) is 0.833. The van der Waals surface area contributed by atoms with Gasteiger partial charge in [0.05, 0.1) is 12.5 Å². The van der Waals surface area contributed by atoms with Gasteiger partial charge < -0.3 is 20.5 Å². The van der Waals surface area contributed by atoms with Crippen molar-refractivity contribution in [2.45, 2.75) is 43.1 Å². The number of carboxylic acids is 1. The number of methoxy groups -OCH3 is 1. The van der Waals surface area contributed by atoms with E-state index in [4.69, 9.17) is 9.84 Å². The molecule has 3 unspecified atom stereocenters. The van der Waals surface area contributed by atoms with Gasteiger partial charge >= 0.3 is 12.0 Å². The van der Waals surface area contributed by atoms with Crippen LogP contribution in [0.4, 0.5) is 4.79 Å². The van der Waals surface area contributed by atoms with Crippen LogP contribution in [0.15, 0.2) is 0 Å². The van der Waals surface area contributed by atoms with Crippen LogP contribution < -0.4 is 10.6 Å². The van der Waals surface area contributed by atoms with Crippen LogP contribution >= 0.6 is 11.8 Å². The van der Waals surface area contributed by atoms with Gasteiger partial charge in [0.1, 0.15) is 0 Å². The molecule has 3 atom stereocenters. The van der Waals surface area contributed by atoms with Gasteiger partial charge in [0.2, 0.25) is 0 Å². The molecule has 1 saturated carbocycles. The highest BCUT2D eigenvalue weighted by Crippen LogP contribution is 2.28. The maximum Gasteiger partial charge on any atom is 0.315 e. The second-order valence-corrected chi connectivity index (χ2v) is 5.70. The Hall–Kier alpha value is -0.950. The molecule has 0 saturated heterocycles. The summed E-state index contributed by atoms with van der Waals surface area (Å²) in [6, 6.07) is -0.0474. The van der Waals surface area contributed by atoms with E-state index in [0.29, 0.717) is 5.25 Å². The van der Waals surface area contributed by atoms with E-state index in [1.807, 2.05) is 0 Å². The first-order chi connectivity index (χ1) is 9.06. The van der Waals surface area contributed by atoms with E-state index < -0.39 is 12.1 Å². The zero-order valence-electron chi connectivity index (χ0n) is 11.3. The van der Waals surface area contributed by atoms with Crippen LogP contribution in [0.1, 0.15) is 25.7 Å². The van der Waals surface area contributed by atoms with Gasteiger partial charge in [-0.15, -0.1) is 0 Å². The second-order valence-electron chi connectivity index (χ2n) is 4.62. The third-order valence-corrected chi connectivity index (χ3v) is 4.47. The average molecular weight is 290 g/mol. The fourth-order valence-corrected chi connectivity index (χ4v) is 3.17. The SMILES string of the molecule is COC(CNC(=O)NC1CCCC1SC)CC(=O)O. The number of hydrogen-bond donors (Lipinski definition) is 3. The molecule has 0 spiro atoms. The first-order valence-electron chi connectivity index (χ1n) is 6.38. The Kier molecular flexibility index (Phi) is 7.01. The number of carbonyl (C=O) groups excluding carboxylic acids is 1. The molecule has 1 aliphatic carbocycles. The van der Waals surface area contributed by atoms with E-state index >= 15 is 0 Å². The molecule has 0 aromatic carbocycles. The van der Waals surface area contributed by atoms with E-state index in [2.05, 4.69) is 16.9 Å². The van der Waals surface area contributed by atoms with E-state index in [1.54, 1.807) is 11.8 Å². The summed E-state index contributed by atoms with van der Waals surface area (Å²) in [7, 11) is 1.44. The van der Waals surface area contributed by atoms with Crippen LogP contribution in [0, 0.1) is 0 Å². The maximum absolute atomic E-state index is 11.7. The Bertz CT molecular complexity index is 314. The number of urea groups is 1. The number of hydrogen-bond acceptors (Lipinski definition) is 4. The summed E-state index contributed by atoms with van der Waals surface area (Å²) in [5.41, 5.74) is 0. The lowest BCUT2D eigenvalue weighted by Crippen LogP contribution is -2.46. The highest BCUT2D eigenvalue weighted by molar-refractivity contribution is 7.99. The minimum Gasteiger partial charge on any atom is -0.481 e. The van der Waals surface area contributed by atoms with Gasteiger partial charge in [0, 0.05) is 24.9 Å². The zero-order chi connectivity index (χ0) is 14.3. The minimum atomic E-state index is -0.938. The summed E-state index contributed by atoms with van der Waals surface area (Å²) in [4.78, 5) is 22.3. The van der Waals surface area contributed by atoms with Crippen molar-refractivity contribution < 1.29 is 19.4 Å². The van der Waals surface area contributed by atoms with Crippen molar-refractivity contribution in [3.8, 4) is 0 Å². The van der Waals surface area contributed by atoms with Crippen molar-refractivity contribution >= 4 is 23.8 Å². The lowest BCUT2D eigenvalue weighted by molar-refractivity contribution is -0.139. The average Bonchev–Trinajstić information content (AvgIpc) is 2.81. The van der Waals surface area contributed by atoms with E-state index in [1.165, 1.54) is 7.11 Å². The van der Waals surface area contributed by atoms with Gasteiger partial charge in [-0.1, -0.05) is 6.42 Å². The number of rotatable bonds is 7. The molecule has 0 aromatic rings. The van der Waals surface area contributed by atoms with Gasteiger partial charge in [-0.05, 0) is 19.1 Å². The summed E-state index contributed by atoms with van der Waals surface area (Å²) >= 11 is 1.77. The number of carboxylic acid groups (broad SMARTS) is 1. The van der Waals surface area contributed by atoms with Crippen molar-refractivity contribution in [3.05, 3.63) is 0 Å². The molecule has 0 radical (unpaired) electrons. The summed E-state index contributed by atoms with van der Waals surface area (Å²) in [5.74, 6) is -0.938. The molecule has 2 amide bonds. The molecule has 1 aliphatic rings. The third kappa shape index (κ3) is 5.69. The van der Waals surface area contributed by atoms with Crippen molar-refractivity contribution in [3.63, 3.8) is 0 Å². The molecule has 0 bridgehead atoms. The predicted octanol–water partition coefficient (Wildman–Crippen LogP) is 1.06. The van der Waals surface area contributed by atoms with E-state index in [0.717, 1.165) is 19.3 Å². The molecular weight excluding hydrogens is 268 g/mol. The van der Waals surface area contributed by atoms with E-state index in [9.17, 15) is 9.59 Å². The monoisotopic (exact) mass is 290 g/mol. The molecule has 1 rings (SSSR count). The Morgan fingerprint density at radius 1 is 1.47 bits per heavy atom. The molecule has 3 N–H and O–H groups in total. The van der Waals surface area contributed by atoms with Gasteiger partial charge in [0.25, 0.3) is 0 Å². The molecule has 1 fully saturated rings. The summed E-state index contributed by atoms with van der Waals surface area (Å²) in [6.07, 6.45) is 4.71. The Balaban J connectivity index is 2.28. The summed E-state index contributed by atoms with van der Waals surface area (Å²) in [6.45, 7) is 0.200. The van der Waals surface area contributed by atoms with Crippen molar-refractivity contribution in [1.29, 1.82) is 0 Å². The summed E-state index contributed by atoms with van der Waals surface area (Å²) in [5, 5.41) is 14.7. The minimum absolute atomic E-state index is 0.117. The van der Waals surface area contributed by atoms with Crippen molar-refractivity contribution in [2.24, 2.45) is 0 Å². The zero-order valence-corrected chi connectivity index (χ0v) is 12.2. The third-order valence-electron chi connectivity index (χ3n) is 3.30. The van der Waals surface area contributed by atoms with E-state index in [-0.39, 0.29) is 25.0 Å². The number of ether oxygens (including phenoxy) is 1. The van der Waals surface area contributed by atoms with Gasteiger partial charge in [-0.2, -0.15) is 11.8 Å². The topological polar surface area (TPSA) is 87.7 Å². The summed E-state index contributed by atoms with van der Waals surface area (Å²) < 4.78 is 5.00. The lowest BCUT2D eigenvalue weighted by atomic mass is 10.2. The van der Waals surface area contributed by atoms with Crippen LogP contribution in [0.3, 0.4) is 0 Å². The number of amides is 2. The van der Waals surface area contributed by atoms with Crippen LogP contribution in [-0.4, -0.2) is 54.4 Å². The smallest absolute Gasteiger partial charge is 0.315 e. The van der Waals surface area contributed by atoms with Gasteiger partial charge in [-0.3, -0.25) is 4.79 Å². The van der Waals surface area contributed by atoms with Gasteiger partial charge in [0.15, 0.2) is 0 Å². The number of nitrogens with one attached hydrogen (secondary N) is 2. The van der Waals surface area contributed by atoms with Crippen molar-refractivity contribution in [1.82, 2.24) is 10.6 Å². The molecular formula is C12H22N2O4S. The van der Waals surface area contributed by atoms with Gasteiger partial charge in [-0.25, -0.2) is 4.79 Å². The van der Waals surface area contributed by atoms with Crippen molar-refractivity contribution in [2.75, 3.05) is 19.9 Å². The Labute approximate surface area is 117 Å². The first kappa shape index (κ1) is 16.1. The highest BCUT2D eigenvalue weighted by atomic mass is 32.2. The first-order valence-corrected chi connectivity index (χ1v) is 7.67. The Morgan fingerprint density at radius 2 is 2.21 bits per heavy atom. The highest BCUT2D eigenvalue weighted by Gasteiger charge is 2.27. The predicted molar refractivity (Wildman–Crippen MR) is 74.5 cm³/mol. The lowest BCUT2D eigenvalue weighted by Gasteiger charge is -2.20. The molecule has 0 aromatic heterocycles. The maximum atomic E-state index is 11.7. The molecule has 110 valence electrons. The molecule has 6 nitrogen and oxygen atoms in total. The standard InChI is InChI=1S/C12H22N2O4S/c1-18-8(6-11(15)16)7-13-12(17)14-9-4-3-5-10(9)19-2/h8-10H,3-7H2,1-2H3,(H,15,16)(H2,13,14,17). The quantitative estimate of drug-likeness (QED) is 0.652. The molecule has 19 heavy (non-hydrogen) atoms. The largest absolute Gasteiger partial charge is 0.481 e. The fourth-order valence-electron chi connectivity index (χ4n) is 2.23. The van der Waals surface area contributed by atoms with Crippen LogP contribution in [-0.2, 0) is 9.53 Å². The molecule has 0 aliphatic heterocycles. The number of thioether (sulfide) groups is 1. The second kappa shape index (κ2) is 8.27. The van der Waals surface area contributed by atoms with Crippen LogP contribution in [0.2, 0.25) is 0 Å². The van der Waals surface area contributed by atoms with Crippen LogP contribution in [0.5, 0.6) is 0 Å².